The molecule has 1 aliphatic rings. The lowest BCUT2D eigenvalue weighted by Crippen LogP contribution is -2.43. The number of ether oxygens (including phenoxy) is 1. The number of aromatic nitrogens is 1. The summed E-state index contributed by atoms with van der Waals surface area (Å²) in [5.41, 5.74) is 2.00. The monoisotopic (exact) mass is 425 g/mol. The topological polar surface area (TPSA) is 88.6 Å². The number of nitrogens with zero attached hydrogens (tertiary/aromatic N) is 2. The molecule has 0 bridgehead atoms. The van der Waals surface area contributed by atoms with E-state index >= 15 is 0 Å². The molecule has 0 unspecified atom stereocenters. The number of halogens is 1. The van der Waals surface area contributed by atoms with Crippen molar-refractivity contribution < 1.29 is 17.9 Å². The maximum absolute atomic E-state index is 12.6. The van der Waals surface area contributed by atoms with Gasteiger partial charge in [0.05, 0.1) is 30.2 Å². The van der Waals surface area contributed by atoms with Gasteiger partial charge in [0.25, 0.3) is 0 Å². The van der Waals surface area contributed by atoms with Gasteiger partial charge < -0.3 is 9.64 Å². The summed E-state index contributed by atoms with van der Waals surface area (Å²) in [6.45, 7) is 1.52. The Balaban J connectivity index is 0.00000280. The minimum Gasteiger partial charge on any atom is -0.465 e. The molecule has 152 valence electrons. The molecule has 1 aliphatic heterocycles. The molecule has 1 N–H and O–H groups in total. The molecular formula is C19H24ClN3O4S. The fourth-order valence-electron chi connectivity index (χ4n) is 3.12. The Kier molecular flexibility index (Phi) is 7.79. The van der Waals surface area contributed by atoms with E-state index in [0.717, 1.165) is 5.69 Å². The number of rotatable bonds is 6. The van der Waals surface area contributed by atoms with Crippen molar-refractivity contribution >= 4 is 34.1 Å². The molecule has 28 heavy (non-hydrogen) atoms. The van der Waals surface area contributed by atoms with E-state index in [1.807, 2.05) is 30.3 Å². The van der Waals surface area contributed by atoms with Crippen LogP contribution in [0.5, 0.6) is 0 Å². The third kappa shape index (κ3) is 5.43. The summed E-state index contributed by atoms with van der Waals surface area (Å²) >= 11 is 0. The number of hydrogen-bond donors (Lipinski definition) is 1. The fourth-order valence-corrected chi connectivity index (χ4v) is 4.54. The summed E-state index contributed by atoms with van der Waals surface area (Å²) in [6, 6.07) is 13.2. The molecule has 2 aromatic rings. The van der Waals surface area contributed by atoms with Crippen LogP contribution in [0.25, 0.3) is 0 Å². The fraction of sp³-hybridized carbons (Fsp3) is 0.368. The smallest absolute Gasteiger partial charge is 0.339 e. The molecule has 0 radical (unpaired) electrons. The molecule has 7 nitrogen and oxygen atoms in total. The number of carbonyl (C=O) groups is 1. The zero-order valence-corrected chi connectivity index (χ0v) is 17.2. The molecule has 1 aromatic heterocycles. The summed E-state index contributed by atoms with van der Waals surface area (Å²) in [5.74, 6) is -0.472. The number of piperidine rings is 1. The van der Waals surface area contributed by atoms with Crippen molar-refractivity contribution in [1.29, 1.82) is 0 Å². The van der Waals surface area contributed by atoms with E-state index in [9.17, 15) is 13.2 Å². The normalized spacial score (nSPS) is 15.0. The van der Waals surface area contributed by atoms with Crippen LogP contribution in [-0.2, 0) is 21.3 Å². The van der Waals surface area contributed by atoms with Crippen LogP contribution in [0.1, 0.15) is 28.9 Å². The number of hydrogen-bond acceptors (Lipinski definition) is 6. The maximum atomic E-state index is 12.6. The van der Waals surface area contributed by atoms with Crippen molar-refractivity contribution in [2.75, 3.05) is 25.1 Å². The van der Waals surface area contributed by atoms with Gasteiger partial charge in [0.15, 0.2) is 0 Å². The van der Waals surface area contributed by atoms with Crippen molar-refractivity contribution in [3.05, 3.63) is 59.9 Å². The summed E-state index contributed by atoms with van der Waals surface area (Å²) in [6.07, 6.45) is 2.55. The van der Waals surface area contributed by atoms with Gasteiger partial charge in [-0.3, -0.25) is 4.98 Å². The summed E-state index contributed by atoms with van der Waals surface area (Å²) in [5, 5.41) is -0.410. The van der Waals surface area contributed by atoms with Gasteiger partial charge in [0, 0.05) is 25.0 Å². The molecule has 2 heterocycles. The van der Waals surface area contributed by atoms with Crippen LogP contribution in [0.3, 0.4) is 0 Å². The Morgan fingerprint density at radius 2 is 1.86 bits per heavy atom. The second-order valence-corrected chi connectivity index (χ2v) is 8.46. The second kappa shape index (κ2) is 9.86. The number of anilines is 1. The van der Waals surface area contributed by atoms with Crippen LogP contribution in [-0.4, -0.2) is 44.8 Å². The number of para-hydroxylation sites is 1. The minimum atomic E-state index is -3.43. The van der Waals surface area contributed by atoms with E-state index in [4.69, 9.17) is 0 Å². The van der Waals surface area contributed by atoms with E-state index in [2.05, 4.69) is 19.3 Å². The number of benzene rings is 1. The molecule has 3 rings (SSSR count). The van der Waals surface area contributed by atoms with Crippen molar-refractivity contribution in [3.63, 3.8) is 0 Å². The summed E-state index contributed by atoms with van der Waals surface area (Å²) in [7, 11) is -2.13. The Hall–Kier alpha value is -2.16. The number of nitrogens with one attached hydrogen (secondary N) is 1. The number of methoxy groups -OCH3 is 1. The van der Waals surface area contributed by atoms with Gasteiger partial charge in [-0.1, -0.05) is 18.2 Å². The molecule has 1 aromatic carbocycles. The molecule has 0 saturated carbocycles. The van der Waals surface area contributed by atoms with E-state index < -0.39 is 21.2 Å². The molecule has 0 atom stereocenters. The Labute approximate surface area is 171 Å². The first kappa shape index (κ1) is 22.1. The lowest BCUT2D eigenvalue weighted by atomic mass is 10.1. The number of carbonyl (C=O) groups excluding carboxylic acids is 1. The molecule has 9 heteroatoms. The van der Waals surface area contributed by atoms with Gasteiger partial charge in [-0.2, -0.15) is 0 Å². The first-order valence-corrected chi connectivity index (χ1v) is 10.4. The van der Waals surface area contributed by atoms with Crippen molar-refractivity contribution in [2.45, 2.75) is 24.6 Å². The van der Waals surface area contributed by atoms with Gasteiger partial charge in [-0.15, -0.1) is 12.4 Å². The zero-order valence-electron chi connectivity index (χ0n) is 15.6. The highest BCUT2D eigenvalue weighted by molar-refractivity contribution is 7.90. The number of pyridine rings is 1. The van der Waals surface area contributed by atoms with Crippen LogP contribution in [0.15, 0.2) is 48.7 Å². The van der Waals surface area contributed by atoms with E-state index in [1.165, 1.54) is 13.3 Å². The van der Waals surface area contributed by atoms with Gasteiger partial charge in [0.1, 0.15) is 0 Å². The lowest BCUT2D eigenvalue weighted by molar-refractivity contribution is 0.0600. The summed E-state index contributed by atoms with van der Waals surface area (Å²) < 4.78 is 32.4. The second-order valence-electron chi connectivity index (χ2n) is 6.42. The quantitative estimate of drug-likeness (QED) is 0.715. The minimum absolute atomic E-state index is 0. The Bertz CT molecular complexity index is 868. The van der Waals surface area contributed by atoms with Gasteiger partial charge >= 0.3 is 5.97 Å². The lowest BCUT2D eigenvalue weighted by Gasteiger charge is -2.33. The van der Waals surface area contributed by atoms with Crippen molar-refractivity contribution in [2.24, 2.45) is 0 Å². The number of sulfonamides is 1. The number of esters is 1. The average Bonchev–Trinajstić information content (AvgIpc) is 2.73. The van der Waals surface area contributed by atoms with Gasteiger partial charge in [-0.25, -0.2) is 17.9 Å². The van der Waals surface area contributed by atoms with Crippen LogP contribution in [0.4, 0.5) is 5.69 Å². The third-order valence-electron chi connectivity index (χ3n) is 4.70. The first-order chi connectivity index (χ1) is 13.0. The highest BCUT2D eigenvalue weighted by Gasteiger charge is 2.29. The van der Waals surface area contributed by atoms with Gasteiger partial charge in [-0.05, 0) is 37.1 Å². The molecule has 1 saturated heterocycles. The van der Waals surface area contributed by atoms with E-state index in [-0.39, 0.29) is 19.0 Å². The highest BCUT2D eigenvalue weighted by Crippen LogP contribution is 2.22. The maximum Gasteiger partial charge on any atom is 0.339 e. The van der Waals surface area contributed by atoms with Crippen LogP contribution >= 0.6 is 12.4 Å². The Morgan fingerprint density at radius 1 is 1.18 bits per heavy atom. The third-order valence-corrected chi connectivity index (χ3v) is 6.60. The molecule has 0 amide bonds. The predicted octanol–water partition coefficient (Wildman–Crippen LogP) is 2.38. The SMILES string of the molecule is COC(=O)c1ccc(CNS(=O)(=O)C2CCN(c3ccccc3)CC2)nc1.Cl. The van der Waals surface area contributed by atoms with Crippen molar-refractivity contribution in [1.82, 2.24) is 9.71 Å². The van der Waals surface area contributed by atoms with E-state index in [0.29, 0.717) is 37.2 Å². The molecule has 1 fully saturated rings. The molecule has 0 spiro atoms. The Morgan fingerprint density at radius 3 is 2.43 bits per heavy atom. The predicted molar refractivity (Wildman–Crippen MR) is 110 cm³/mol. The van der Waals surface area contributed by atoms with Crippen LogP contribution in [0, 0.1) is 0 Å². The highest BCUT2D eigenvalue weighted by atomic mass is 35.5. The standard InChI is InChI=1S/C19H23N3O4S.ClH/c1-26-19(23)15-7-8-16(20-13-15)14-21-27(24,25)18-9-11-22(12-10-18)17-5-3-2-4-6-17;/h2-8,13,18,21H,9-12,14H2,1H3;1H. The van der Waals surface area contributed by atoms with Crippen LogP contribution in [0.2, 0.25) is 0 Å². The molecular weight excluding hydrogens is 402 g/mol. The summed E-state index contributed by atoms with van der Waals surface area (Å²) in [4.78, 5) is 17.7. The average molecular weight is 426 g/mol. The van der Waals surface area contributed by atoms with E-state index in [1.54, 1.807) is 12.1 Å². The van der Waals surface area contributed by atoms with Crippen molar-refractivity contribution in [3.8, 4) is 0 Å². The zero-order chi connectivity index (χ0) is 19.3. The first-order valence-electron chi connectivity index (χ1n) is 8.81. The molecule has 0 aliphatic carbocycles. The van der Waals surface area contributed by atoms with Gasteiger partial charge in [0.2, 0.25) is 10.0 Å². The van der Waals surface area contributed by atoms with Crippen LogP contribution < -0.4 is 9.62 Å². The largest absolute Gasteiger partial charge is 0.465 e.